The summed E-state index contributed by atoms with van der Waals surface area (Å²) in [6.45, 7) is -0.283. The maximum atomic E-state index is 10.4. The predicted molar refractivity (Wildman–Crippen MR) is 30.3 cm³/mol. The highest BCUT2D eigenvalue weighted by molar-refractivity contribution is 5.76. The van der Waals surface area contributed by atoms with Gasteiger partial charge in [0.25, 0.3) is 0 Å². The molecule has 1 fully saturated rings. The lowest BCUT2D eigenvalue weighted by molar-refractivity contribution is -0.114. The van der Waals surface area contributed by atoms with Crippen LogP contribution in [0.4, 0.5) is 4.79 Å². The summed E-state index contributed by atoms with van der Waals surface area (Å²) in [7, 11) is 0. The SMILES string of the molecule is O=CC1OC(=O)NC1CO. The van der Waals surface area contributed by atoms with Crippen LogP contribution in [0.5, 0.6) is 0 Å². The zero-order valence-corrected chi connectivity index (χ0v) is 5.11. The van der Waals surface area contributed by atoms with Crippen molar-refractivity contribution in [3.63, 3.8) is 0 Å². The van der Waals surface area contributed by atoms with E-state index in [0.29, 0.717) is 6.29 Å². The minimum absolute atomic E-state index is 0.283. The molecule has 1 saturated heterocycles. The van der Waals surface area contributed by atoms with Crippen molar-refractivity contribution >= 4 is 12.4 Å². The molecule has 10 heavy (non-hydrogen) atoms. The molecular weight excluding hydrogens is 138 g/mol. The zero-order chi connectivity index (χ0) is 7.56. The molecule has 1 aliphatic rings. The second-order valence-electron chi connectivity index (χ2n) is 1.94. The number of hydrogen-bond donors (Lipinski definition) is 2. The van der Waals surface area contributed by atoms with Crippen molar-refractivity contribution < 1.29 is 19.4 Å². The van der Waals surface area contributed by atoms with Gasteiger partial charge in [0.2, 0.25) is 0 Å². The average molecular weight is 145 g/mol. The highest BCUT2D eigenvalue weighted by Crippen LogP contribution is 2.04. The van der Waals surface area contributed by atoms with Gasteiger partial charge in [0.15, 0.2) is 12.4 Å². The number of aliphatic hydroxyl groups is 1. The lowest BCUT2D eigenvalue weighted by Crippen LogP contribution is -2.35. The first kappa shape index (κ1) is 7.01. The van der Waals surface area contributed by atoms with Crippen LogP contribution in [0.3, 0.4) is 0 Å². The van der Waals surface area contributed by atoms with Crippen LogP contribution in [0, 0.1) is 0 Å². The molecule has 1 rings (SSSR count). The first-order valence-corrected chi connectivity index (χ1v) is 2.81. The molecule has 2 unspecified atom stereocenters. The largest absolute Gasteiger partial charge is 0.436 e. The number of ether oxygens (including phenoxy) is 1. The molecule has 1 heterocycles. The van der Waals surface area contributed by atoms with Crippen molar-refractivity contribution in [3.8, 4) is 0 Å². The molecule has 56 valence electrons. The van der Waals surface area contributed by atoms with Gasteiger partial charge in [0.05, 0.1) is 12.6 Å². The fourth-order valence-corrected chi connectivity index (χ4v) is 0.745. The van der Waals surface area contributed by atoms with Crippen LogP contribution < -0.4 is 5.32 Å². The maximum Gasteiger partial charge on any atom is 0.408 e. The van der Waals surface area contributed by atoms with Gasteiger partial charge in [0, 0.05) is 0 Å². The van der Waals surface area contributed by atoms with Crippen LogP contribution in [0.2, 0.25) is 0 Å². The molecule has 0 aromatic carbocycles. The molecule has 5 heteroatoms. The topological polar surface area (TPSA) is 75.6 Å². The van der Waals surface area contributed by atoms with Gasteiger partial charge in [-0.05, 0) is 0 Å². The third-order valence-corrected chi connectivity index (χ3v) is 1.27. The Morgan fingerprint density at radius 3 is 2.90 bits per heavy atom. The van der Waals surface area contributed by atoms with Crippen molar-refractivity contribution in [1.29, 1.82) is 0 Å². The van der Waals surface area contributed by atoms with Gasteiger partial charge < -0.3 is 15.2 Å². The van der Waals surface area contributed by atoms with Crippen LogP contribution in [-0.2, 0) is 9.53 Å². The number of amides is 1. The molecule has 0 bridgehead atoms. The van der Waals surface area contributed by atoms with E-state index in [4.69, 9.17) is 5.11 Å². The maximum absolute atomic E-state index is 10.4. The molecule has 0 radical (unpaired) electrons. The Bertz CT molecular complexity index is 158. The second-order valence-corrected chi connectivity index (χ2v) is 1.94. The van der Waals surface area contributed by atoms with Crippen molar-refractivity contribution in [1.82, 2.24) is 5.32 Å². The van der Waals surface area contributed by atoms with Gasteiger partial charge in [0.1, 0.15) is 0 Å². The monoisotopic (exact) mass is 145 g/mol. The minimum Gasteiger partial charge on any atom is -0.436 e. The Hall–Kier alpha value is -1.10. The number of carbonyl (C=O) groups is 2. The molecule has 0 aliphatic carbocycles. The number of carbonyl (C=O) groups excluding carboxylic acids is 2. The Morgan fingerprint density at radius 1 is 1.80 bits per heavy atom. The van der Waals surface area contributed by atoms with Crippen LogP contribution in [0.25, 0.3) is 0 Å². The fraction of sp³-hybridized carbons (Fsp3) is 0.600. The second kappa shape index (κ2) is 2.66. The molecule has 2 atom stereocenters. The average Bonchev–Trinajstić information content (AvgIpc) is 2.30. The van der Waals surface area contributed by atoms with Crippen molar-refractivity contribution in [2.45, 2.75) is 12.1 Å². The van der Waals surface area contributed by atoms with Gasteiger partial charge in [-0.1, -0.05) is 0 Å². The summed E-state index contributed by atoms with van der Waals surface area (Å²) in [5, 5.41) is 10.8. The summed E-state index contributed by atoms with van der Waals surface area (Å²) in [6.07, 6.45) is -1.01. The van der Waals surface area contributed by atoms with E-state index in [1.807, 2.05) is 0 Å². The molecule has 0 aromatic rings. The molecule has 2 N–H and O–H groups in total. The molecule has 1 aliphatic heterocycles. The van der Waals surface area contributed by atoms with Crippen LogP contribution in [-0.4, -0.2) is 36.2 Å². The molecule has 0 spiro atoms. The predicted octanol–water partition coefficient (Wildman–Crippen LogP) is -1.35. The van der Waals surface area contributed by atoms with Crippen LogP contribution in [0.15, 0.2) is 0 Å². The van der Waals surface area contributed by atoms with E-state index in [-0.39, 0.29) is 6.61 Å². The summed E-state index contributed by atoms with van der Waals surface area (Å²) in [6, 6.07) is -0.579. The summed E-state index contributed by atoms with van der Waals surface area (Å²) in [4.78, 5) is 20.5. The van der Waals surface area contributed by atoms with E-state index in [9.17, 15) is 9.59 Å². The van der Waals surface area contributed by atoms with E-state index in [1.54, 1.807) is 0 Å². The summed E-state index contributed by atoms with van der Waals surface area (Å²) < 4.78 is 4.44. The van der Waals surface area contributed by atoms with E-state index in [1.165, 1.54) is 0 Å². The fourth-order valence-electron chi connectivity index (χ4n) is 0.745. The van der Waals surface area contributed by atoms with Gasteiger partial charge in [-0.15, -0.1) is 0 Å². The number of alkyl carbamates (subject to hydrolysis) is 1. The minimum atomic E-state index is -0.836. The third kappa shape index (κ3) is 1.08. The van der Waals surface area contributed by atoms with E-state index in [0.717, 1.165) is 0 Å². The van der Waals surface area contributed by atoms with Crippen LogP contribution >= 0.6 is 0 Å². The van der Waals surface area contributed by atoms with Gasteiger partial charge >= 0.3 is 6.09 Å². The molecule has 0 saturated carbocycles. The van der Waals surface area contributed by atoms with E-state index in [2.05, 4.69) is 10.1 Å². The van der Waals surface area contributed by atoms with Gasteiger partial charge in [-0.2, -0.15) is 0 Å². The summed E-state index contributed by atoms with van der Waals surface area (Å²) >= 11 is 0. The van der Waals surface area contributed by atoms with Gasteiger partial charge in [-0.25, -0.2) is 4.79 Å². The number of rotatable bonds is 2. The first-order valence-electron chi connectivity index (χ1n) is 2.81. The van der Waals surface area contributed by atoms with Crippen molar-refractivity contribution in [3.05, 3.63) is 0 Å². The smallest absolute Gasteiger partial charge is 0.408 e. The van der Waals surface area contributed by atoms with Crippen molar-refractivity contribution in [2.75, 3.05) is 6.61 Å². The quantitative estimate of drug-likeness (QED) is 0.471. The van der Waals surface area contributed by atoms with Gasteiger partial charge in [-0.3, -0.25) is 4.79 Å². The standard InChI is InChI=1S/C5H7NO4/c7-1-3-4(2-8)10-5(9)6-3/h2-4,7H,1H2,(H,6,9). The van der Waals surface area contributed by atoms with E-state index < -0.39 is 18.2 Å². The number of hydrogen-bond acceptors (Lipinski definition) is 4. The molecular formula is C5H7NO4. The summed E-state index contributed by atoms with van der Waals surface area (Å²) in [5.74, 6) is 0. The first-order chi connectivity index (χ1) is 4.77. The number of cyclic esters (lactones) is 1. The highest BCUT2D eigenvalue weighted by atomic mass is 16.6. The zero-order valence-electron chi connectivity index (χ0n) is 5.11. The normalized spacial score (nSPS) is 31.1. The Morgan fingerprint density at radius 2 is 2.50 bits per heavy atom. The Kier molecular flexibility index (Phi) is 1.86. The Labute approximate surface area is 57.0 Å². The number of aliphatic hydroxyl groups excluding tert-OH is 1. The Balaban J connectivity index is 2.56. The number of aldehydes is 1. The lowest BCUT2D eigenvalue weighted by atomic mass is 10.2. The molecule has 1 amide bonds. The highest BCUT2D eigenvalue weighted by Gasteiger charge is 2.32. The third-order valence-electron chi connectivity index (χ3n) is 1.27. The molecule has 5 nitrogen and oxygen atoms in total. The lowest BCUT2D eigenvalue weighted by Gasteiger charge is -2.05. The number of nitrogens with one attached hydrogen (secondary N) is 1. The summed E-state index contributed by atoms with van der Waals surface area (Å²) in [5.41, 5.74) is 0. The van der Waals surface area contributed by atoms with Crippen LogP contribution in [0.1, 0.15) is 0 Å². The van der Waals surface area contributed by atoms with Crippen molar-refractivity contribution in [2.24, 2.45) is 0 Å². The molecule has 0 aromatic heterocycles. The van der Waals surface area contributed by atoms with E-state index >= 15 is 0 Å².